The van der Waals surface area contributed by atoms with Crippen LogP contribution in [-0.2, 0) is 14.4 Å². The number of carboxylic acids is 1. The van der Waals surface area contributed by atoms with Crippen molar-refractivity contribution in [2.24, 2.45) is 0 Å². The van der Waals surface area contributed by atoms with Crippen molar-refractivity contribution in [1.29, 1.82) is 0 Å². The molecule has 14 heavy (non-hydrogen) atoms. The molecule has 0 unspecified atom stereocenters. The Kier molecular flexibility index (Phi) is 10.4. The third-order valence-corrected chi connectivity index (χ3v) is 1.21. The van der Waals surface area contributed by atoms with Crippen LogP contribution in [0.3, 0.4) is 0 Å². The predicted octanol–water partition coefficient (Wildman–Crippen LogP) is 1.59. The zero-order valence-corrected chi connectivity index (χ0v) is 8.74. The number of allylic oxidation sites excluding steroid dienone is 1. The summed E-state index contributed by atoms with van der Waals surface area (Å²) in [6, 6.07) is 0. The molecule has 0 heterocycles. The Bertz CT molecular complexity index is 228. The van der Waals surface area contributed by atoms with Gasteiger partial charge in [-0.1, -0.05) is 19.9 Å². The molecule has 0 atom stereocenters. The maximum absolute atomic E-state index is 10.2. The van der Waals surface area contributed by atoms with E-state index in [1.54, 1.807) is 13.0 Å². The van der Waals surface area contributed by atoms with Crippen molar-refractivity contribution in [2.75, 3.05) is 0 Å². The molecule has 0 radical (unpaired) electrons. The Hall–Kier alpha value is -1.45. The van der Waals surface area contributed by atoms with Crippen molar-refractivity contribution in [3.05, 3.63) is 12.2 Å². The van der Waals surface area contributed by atoms with Gasteiger partial charge in [0.2, 0.25) is 0 Å². The van der Waals surface area contributed by atoms with Crippen molar-refractivity contribution < 1.29 is 19.5 Å². The molecular formula is C10H16O4. The van der Waals surface area contributed by atoms with Crippen LogP contribution in [0.15, 0.2) is 12.2 Å². The van der Waals surface area contributed by atoms with Crippen LogP contribution in [0.4, 0.5) is 0 Å². The normalized spacial score (nSPS) is 9.07. The third kappa shape index (κ3) is 13.2. The van der Waals surface area contributed by atoms with Crippen molar-refractivity contribution in [3.63, 3.8) is 0 Å². The van der Waals surface area contributed by atoms with Crippen molar-refractivity contribution >= 4 is 17.5 Å². The Morgan fingerprint density at radius 1 is 1.21 bits per heavy atom. The van der Waals surface area contributed by atoms with E-state index in [1.807, 2.05) is 6.92 Å². The molecule has 0 aliphatic carbocycles. The van der Waals surface area contributed by atoms with Crippen LogP contribution in [0.2, 0.25) is 0 Å². The first kappa shape index (κ1) is 15.0. The number of rotatable bonds is 4. The molecule has 80 valence electrons. The molecule has 4 heteroatoms. The fourth-order valence-electron chi connectivity index (χ4n) is 0.468. The SMILES string of the molecule is CCC(=O)C(C)=O.CCC=CC(=O)O. The van der Waals surface area contributed by atoms with Crippen LogP contribution in [0.5, 0.6) is 0 Å². The zero-order chi connectivity index (χ0) is 11.6. The minimum Gasteiger partial charge on any atom is -0.478 e. The molecule has 0 aromatic heterocycles. The van der Waals surface area contributed by atoms with Gasteiger partial charge in [-0.15, -0.1) is 0 Å². The number of ketones is 2. The fraction of sp³-hybridized carbons (Fsp3) is 0.500. The van der Waals surface area contributed by atoms with Crippen LogP contribution in [0.25, 0.3) is 0 Å². The second kappa shape index (κ2) is 9.64. The van der Waals surface area contributed by atoms with Gasteiger partial charge in [0.1, 0.15) is 0 Å². The molecular weight excluding hydrogens is 184 g/mol. The van der Waals surface area contributed by atoms with Gasteiger partial charge in [0.05, 0.1) is 0 Å². The molecule has 0 aromatic rings. The Morgan fingerprint density at radius 2 is 1.71 bits per heavy atom. The van der Waals surface area contributed by atoms with E-state index in [4.69, 9.17) is 5.11 Å². The van der Waals surface area contributed by atoms with Crippen LogP contribution >= 0.6 is 0 Å². The standard InChI is InChI=1S/2C5H8O2/c1-3-5(7)4(2)6;1-2-3-4-5(6)7/h3H2,1-2H3;3-4H,2H2,1H3,(H,6,7). The average Bonchev–Trinajstić information content (AvgIpc) is 2.14. The van der Waals surface area contributed by atoms with Crippen molar-refractivity contribution in [1.82, 2.24) is 0 Å². The summed E-state index contributed by atoms with van der Waals surface area (Å²) in [5.74, 6) is -1.51. The molecule has 1 N–H and O–H groups in total. The van der Waals surface area contributed by atoms with Crippen LogP contribution in [-0.4, -0.2) is 22.6 Å². The number of hydrogen-bond donors (Lipinski definition) is 1. The van der Waals surface area contributed by atoms with Gasteiger partial charge in [-0.2, -0.15) is 0 Å². The fourth-order valence-corrected chi connectivity index (χ4v) is 0.468. The molecule has 0 aliphatic rings. The summed E-state index contributed by atoms with van der Waals surface area (Å²) in [5.41, 5.74) is 0. The van der Waals surface area contributed by atoms with Crippen molar-refractivity contribution in [3.8, 4) is 0 Å². The number of carbonyl (C=O) groups excluding carboxylic acids is 2. The number of aliphatic carboxylic acids is 1. The molecule has 0 aromatic carbocycles. The summed E-state index contributed by atoms with van der Waals surface area (Å²) in [7, 11) is 0. The number of hydrogen-bond acceptors (Lipinski definition) is 3. The quantitative estimate of drug-likeness (QED) is 0.552. The van der Waals surface area contributed by atoms with Gasteiger partial charge in [-0.3, -0.25) is 9.59 Å². The summed E-state index contributed by atoms with van der Waals surface area (Å²) in [5, 5.41) is 7.96. The highest BCUT2D eigenvalue weighted by Crippen LogP contribution is 1.79. The van der Waals surface area contributed by atoms with E-state index in [9.17, 15) is 14.4 Å². The summed E-state index contributed by atoms with van der Waals surface area (Å²) < 4.78 is 0. The molecule has 0 bridgehead atoms. The highest BCUT2D eigenvalue weighted by molar-refractivity contribution is 6.36. The number of carboxylic acid groups (broad SMARTS) is 1. The minimum absolute atomic E-state index is 0.292. The first-order valence-electron chi connectivity index (χ1n) is 4.38. The molecule has 0 saturated heterocycles. The first-order chi connectivity index (χ1) is 6.45. The second-order valence-corrected chi connectivity index (χ2v) is 2.48. The predicted molar refractivity (Wildman–Crippen MR) is 53.0 cm³/mol. The van der Waals surface area contributed by atoms with E-state index in [2.05, 4.69) is 0 Å². The lowest BCUT2D eigenvalue weighted by molar-refractivity contribution is -0.135. The van der Waals surface area contributed by atoms with E-state index in [1.165, 1.54) is 6.92 Å². The maximum Gasteiger partial charge on any atom is 0.327 e. The van der Waals surface area contributed by atoms with Gasteiger partial charge < -0.3 is 5.11 Å². The molecule has 0 spiro atoms. The van der Waals surface area contributed by atoms with E-state index in [0.717, 1.165) is 12.5 Å². The van der Waals surface area contributed by atoms with Gasteiger partial charge in [0, 0.05) is 19.4 Å². The van der Waals surface area contributed by atoms with Gasteiger partial charge in [0.25, 0.3) is 0 Å². The van der Waals surface area contributed by atoms with Crippen LogP contribution in [0.1, 0.15) is 33.6 Å². The van der Waals surface area contributed by atoms with Crippen LogP contribution < -0.4 is 0 Å². The Balaban J connectivity index is 0. The lowest BCUT2D eigenvalue weighted by Crippen LogP contribution is -2.06. The molecule has 0 aliphatic heterocycles. The summed E-state index contributed by atoms with van der Waals surface area (Å²) in [6.07, 6.45) is 3.85. The molecule has 0 amide bonds. The average molecular weight is 200 g/mol. The van der Waals surface area contributed by atoms with E-state index >= 15 is 0 Å². The van der Waals surface area contributed by atoms with Crippen LogP contribution in [0, 0.1) is 0 Å². The second-order valence-electron chi connectivity index (χ2n) is 2.48. The summed E-state index contributed by atoms with van der Waals surface area (Å²) in [6.45, 7) is 4.84. The van der Waals surface area contributed by atoms with Gasteiger partial charge >= 0.3 is 5.97 Å². The Morgan fingerprint density at radius 3 is 1.79 bits per heavy atom. The molecule has 0 rings (SSSR count). The van der Waals surface area contributed by atoms with Gasteiger partial charge in [-0.05, 0) is 6.42 Å². The van der Waals surface area contributed by atoms with Gasteiger partial charge in [0.15, 0.2) is 11.6 Å². The van der Waals surface area contributed by atoms with Crippen molar-refractivity contribution in [2.45, 2.75) is 33.6 Å². The summed E-state index contributed by atoms with van der Waals surface area (Å²) >= 11 is 0. The monoisotopic (exact) mass is 200 g/mol. The lowest BCUT2D eigenvalue weighted by atomic mass is 10.2. The number of Topliss-reactive ketones (excluding diaryl/α,β-unsaturated/α-hetero) is 2. The van der Waals surface area contributed by atoms with E-state index in [-0.39, 0.29) is 11.6 Å². The third-order valence-electron chi connectivity index (χ3n) is 1.21. The maximum atomic E-state index is 10.2. The van der Waals surface area contributed by atoms with E-state index in [0.29, 0.717) is 6.42 Å². The van der Waals surface area contributed by atoms with E-state index < -0.39 is 5.97 Å². The lowest BCUT2D eigenvalue weighted by Gasteiger charge is -1.81. The smallest absolute Gasteiger partial charge is 0.327 e. The zero-order valence-electron chi connectivity index (χ0n) is 8.74. The Labute approximate surface area is 83.6 Å². The van der Waals surface area contributed by atoms with Gasteiger partial charge in [-0.25, -0.2) is 4.79 Å². The first-order valence-corrected chi connectivity index (χ1v) is 4.38. The molecule has 4 nitrogen and oxygen atoms in total. The summed E-state index contributed by atoms with van der Waals surface area (Å²) in [4.78, 5) is 29.9. The minimum atomic E-state index is -0.873. The molecule has 0 saturated carbocycles. The largest absolute Gasteiger partial charge is 0.478 e. The highest BCUT2D eigenvalue weighted by Gasteiger charge is 2.00. The number of carbonyl (C=O) groups is 3. The topological polar surface area (TPSA) is 71.4 Å². The molecule has 0 fully saturated rings. The highest BCUT2D eigenvalue weighted by atomic mass is 16.4.